The van der Waals surface area contributed by atoms with Gasteiger partial charge in [0, 0.05) is 36.3 Å². The van der Waals surface area contributed by atoms with Gasteiger partial charge in [0.15, 0.2) is 24.8 Å². The fourth-order valence-electron chi connectivity index (χ4n) is 17.1. The number of carbonyl (C=O) groups excluding carboxylic acids is 2. The molecule has 2 aromatic rings. The van der Waals surface area contributed by atoms with Crippen molar-refractivity contribution in [1.29, 1.82) is 0 Å². The highest BCUT2D eigenvalue weighted by Gasteiger charge is 2.70. The zero-order valence-corrected chi connectivity index (χ0v) is 38.0. The molecule has 0 spiro atoms. The number of ketones is 2. The molecule has 0 unspecified atom stereocenters. The first kappa shape index (κ1) is 42.4. The quantitative estimate of drug-likeness (QED) is 0.222. The van der Waals surface area contributed by atoms with Crippen molar-refractivity contribution in [3.8, 4) is 0 Å². The molecule has 0 aromatic carbocycles. The summed E-state index contributed by atoms with van der Waals surface area (Å²) in [4.78, 5) is 25.6. The van der Waals surface area contributed by atoms with E-state index in [0.29, 0.717) is 62.2 Å². The van der Waals surface area contributed by atoms with E-state index in [1.54, 1.807) is 0 Å². The third-order valence-electron chi connectivity index (χ3n) is 19.6. The molecule has 6 fully saturated rings. The first-order chi connectivity index (χ1) is 28.1. The summed E-state index contributed by atoms with van der Waals surface area (Å²) in [5.74, 6) is 2.32. The topological polar surface area (TPSA) is 153 Å². The van der Waals surface area contributed by atoms with Crippen LogP contribution in [0.15, 0.2) is 23.5 Å². The molecule has 0 saturated heterocycles. The normalized spacial score (nSPS) is 47.0. The number of nitrogens with one attached hydrogen (secondary N) is 1. The van der Waals surface area contributed by atoms with Gasteiger partial charge in [0.1, 0.15) is 16.9 Å². The van der Waals surface area contributed by atoms with Gasteiger partial charge < -0.3 is 20.4 Å². The van der Waals surface area contributed by atoms with Crippen LogP contribution in [0.2, 0.25) is 0 Å². The zero-order valence-electron chi connectivity index (χ0n) is 38.0. The van der Waals surface area contributed by atoms with Crippen LogP contribution in [0.3, 0.4) is 0 Å². The number of Topliss-reactive ketones (excluding diaryl/α,β-unsaturated/α-hetero) is 2. The standard InChI is InChI=1S/2C25H36N2O3/c1-6-21(29)25(30)8-7-17-16-9-14(2)18-10-19-15(13-27(5)26-19)11-23(18,3)22(16)20(28)12-24(17,25)4;1-6-21(29)25(30)8-7-17-16-9-14(2)18-10-19-15(13-26-27(19)5)11-23(18,3)22(16)20(28)12-24(17,25)4/h2*10,13-14,16-17,20,22,28,30H,6-9,11-12H2,1-5H3/p+1/t2*14-,16-,17-,20-,22+,23-,24-,25-/m00/s1. The number of rotatable bonds is 4. The van der Waals surface area contributed by atoms with Crippen molar-refractivity contribution in [3.63, 3.8) is 0 Å². The number of allylic oxidation sites excluding steroid dienone is 2. The monoisotopic (exact) mass is 826 g/mol. The molecule has 328 valence electrons. The molecule has 16 atom stereocenters. The van der Waals surface area contributed by atoms with Gasteiger partial charge in [-0.2, -0.15) is 10.2 Å². The highest BCUT2D eigenvalue weighted by molar-refractivity contribution is 5.89. The van der Waals surface area contributed by atoms with Crippen molar-refractivity contribution in [3.05, 3.63) is 46.1 Å². The van der Waals surface area contributed by atoms with E-state index in [4.69, 9.17) is 0 Å². The van der Waals surface area contributed by atoms with Gasteiger partial charge in [0.2, 0.25) is 0 Å². The molecule has 0 amide bonds. The Morgan fingerprint density at radius 2 is 1.27 bits per heavy atom. The number of aliphatic hydroxyl groups excluding tert-OH is 2. The number of fused-ring (bicyclic) bond motifs is 12. The lowest BCUT2D eigenvalue weighted by atomic mass is 9.44. The molecule has 2 aromatic heterocycles. The number of hydrogen-bond donors (Lipinski definition) is 5. The number of aromatic nitrogens is 4. The molecular weight excluding hydrogens is 753 g/mol. The Morgan fingerprint density at radius 1 is 0.800 bits per heavy atom. The number of aliphatic hydroxyl groups is 4. The Labute approximate surface area is 357 Å². The maximum absolute atomic E-state index is 12.8. The van der Waals surface area contributed by atoms with Gasteiger partial charge >= 0.3 is 0 Å². The molecule has 0 bridgehead atoms. The maximum atomic E-state index is 12.8. The van der Waals surface area contributed by atoms with Gasteiger partial charge in [-0.1, -0.05) is 66.5 Å². The van der Waals surface area contributed by atoms with Crippen molar-refractivity contribution in [2.24, 2.45) is 83.1 Å². The van der Waals surface area contributed by atoms with Gasteiger partial charge in [-0.05, 0) is 140 Å². The van der Waals surface area contributed by atoms with Gasteiger partial charge in [-0.15, -0.1) is 4.68 Å². The van der Waals surface area contributed by atoms with Crippen LogP contribution in [-0.2, 0) is 36.5 Å². The maximum Gasteiger partial charge on any atom is 0.198 e. The first-order valence-corrected chi connectivity index (χ1v) is 23.5. The molecule has 0 radical (unpaired) electrons. The largest absolute Gasteiger partial charge is 0.393 e. The van der Waals surface area contributed by atoms with Crippen molar-refractivity contribution < 1.29 is 34.7 Å². The Kier molecular flexibility index (Phi) is 9.74. The molecule has 10 heteroatoms. The van der Waals surface area contributed by atoms with E-state index in [1.807, 2.05) is 43.5 Å². The predicted octanol–water partition coefficient (Wildman–Crippen LogP) is 6.48. The number of H-pyrrole nitrogens is 1. The summed E-state index contributed by atoms with van der Waals surface area (Å²) in [6.45, 7) is 17.2. The van der Waals surface area contributed by atoms with E-state index in [9.17, 15) is 30.0 Å². The van der Waals surface area contributed by atoms with Gasteiger partial charge in [0.25, 0.3) is 0 Å². The van der Waals surface area contributed by atoms with Crippen molar-refractivity contribution in [2.75, 3.05) is 0 Å². The van der Waals surface area contributed by atoms with E-state index >= 15 is 0 Å². The SMILES string of the molecule is CCC(=O)[C@@]1(O)CC[C@H]2[C@@H]3C[C@H](C)C4=Cc5[nH][n+](C)cc5C[C@]4(C)[C@H]3[C@@H](O)C[C@@]21C.CCC(=O)[C@@]1(O)CC[C@H]2[C@@H]3C[C@H](C)C4=Cc5c(cnn5C)C[C@]4(C)[C@H]3[C@@H](O)C[C@@]21C. The molecular formula is C50H73N4O6+. The van der Waals surface area contributed by atoms with Crippen LogP contribution in [-0.4, -0.2) is 70.3 Å². The molecule has 2 heterocycles. The summed E-state index contributed by atoms with van der Waals surface area (Å²) in [7, 11) is 4.03. The average Bonchev–Trinajstić information content (AvgIpc) is 3.88. The van der Waals surface area contributed by atoms with E-state index in [0.717, 1.165) is 38.5 Å². The van der Waals surface area contributed by atoms with Crippen LogP contribution in [0.5, 0.6) is 0 Å². The zero-order chi connectivity index (χ0) is 43.3. The van der Waals surface area contributed by atoms with Crippen molar-refractivity contribution >= 4 is 23.7 Å². The molecule has 0 aliphatic heterocycles. The fraction of sp³-hybridized carbons (Fsp3) is 0.760. The molecule has 10 rings (SSSR count). The number of nitrogens with zero attached hydrogens (tertiary/aromatic N) is 3. The Bertz CT molecular complexity index is 2170. The molecule has 8 aliphatic carbocycles. The predicted molar refractivity (Wildman–Crippen MR) is 230 cm³/mol. The highest BCUT2D eigenvalue weighted by Crippen LogP contribution is 2.70. The lowest BCUT2D eigenvalue weighted by Gasteiger charge is -2.61. The van der Waals surface area contributed by atoms with Gasteiger partial charge in [0.05, 0.1) is 24.1 Å². The number of hydrogen-bond acceptors (Lipinski definition) is 7. The first-order valence-electron chi connectivity index (χ1n) is 23.5. The summed E-state index contributed by atoms with van der Waals surface area (Å²) in [5, 5.41) is 54.2. The Hall–Kier alpha value is -2.92. The highest BCUT2D eigenvalue weighted by atomic mass is 16.3. The van der Waals surface area contributed by atoms with E-state index in [2.05, 4.69) is 70.1 Å². The minimum atomic E-state index is -1.29. The second-order valence-electron chi connectivity index (χ2n) is 22.5. The van der Waals surface area contributed by atoms with Crippen LogP contribution in [0.4, 0.5) is 0 Å². The van der Waals surface area contributed by atoms with Gasteiger partial charge in [-0.3, -0.25) is 14.3 Å². The van der Waals surface area contributed by atoms with Crippen molar-refractivity contribution in [2.45, 2.75) is 156 Å². The smallest absolute Gasteiger partial charge is 0.198 e. The molecule has 8 aliphatic rings. The minimum absolute atomic E-state index is 0.0454. The third kappa shape index (κ3) is 5.44. The number of aryl methyl sites for hydroxylation is 2. The Morgan fingerprint density at radius 3 is 1.75 bits per heavy atom. The minimum Gasteiger partial charge on any atom is -0.393 e. The van der Waals surface area contributed by atoms with Crippen LogP contribution >= 0.6 is 0 Å². The molecule has 5 N–H and O–H groups in total. The van der Waals surface area contributed by atoms with Crippen LogP contribution < -0.4 is 4.68 Å². The lowest BCUT2D eigenvalue weighted by molar-refractivity contribution is -0.727. The second kappa shape index (κ2) is 13.8. The van der Waals surface area contributed by atoms with Crippen molar-refractivity contribution in [1.82, 2.24) is 14.9 Å². The van der Waals surface area contributed by atoms with Crippen LogP contribution in [0.25, 0.3) is 12.2 Å². The molecule has 10 nitrogen and oxygen atoms in total. The van der Waals surface area contributed by atoms with Crippen LogP contribution in [0.1, 0.15) is 142 Å². The average molecular weight is 826 g/mol. The van der Waals surface area contributed by atoms with E-state index in [1.165, 1.54) is 33.7 Å². The van der Waals surface area contributed by atoms with Crippen LogP contribution in [0, 0.1) is 69.0 Å². The molecule has 60 heavy (non-hydrogen) atoms. The summed E-state index contributed by atoms with van der Waals surface area (Å²) in [6, 6.07) is 0. The van der Waals surface area contributed by atoms with Gasteiger partial charge in [-0.25, -0.2) is 0 Å². The van der Waals surface area contributed by atoms with E-state index < -0.39 is 34.2 Å². The summed E-state index contributed by atoms with van der Waals surface area (Å²) >= 11 is 0. The third-order valence-corrected chi connectivity index (χ3v) is 19.6. The van der Waals surface area contributed by atoms with E-state index in [-0.39, 0.29) is 46.1 Å². The second-order valence-corrected chi connectivity index (χ2v) is 22.5. The number of carbonyl (C=O) groups is 2. The Balaban J connectivity index is 0.000000154. The molecule has 6 saturated carbocycles. The number of aromatic amines is 1. The fourth-order valence-corrected chi connectivity index (χ4v) is 17.1. The summed E-state index contributed by atoms with van der Waals surface area (Å²) in [5.41, 5.74) is 4.07. The summed E-state index contributed by atoms with van der Waals surface area (Å²) < 4.78 is 3.98. The summed E-state index contributed by atoms with van der Waals surface area (Å²) in [6.07, 6.45) is 16.3. The lowest BCUT2D eigenvalue weighted by Crippen LogP contribution is -2.62.